The molecule has 3 heterocycles. The van der Waals surface area contributed by atoms with E-state index in [1.165, 1.54) is 0 Å². The summed E-state index contributed by atoms with van der Waals surface area (Å²) in [6, 6.07) is 13.3. The van der Waals surface area contributed by atoms with Crippen molar-refractivity contribution in [2.45, 2.75) is 35.2 Å². The molecule has 3 aliphatic heterocycles. The molecule has 0 radical (unpaired) electrons. The van der Waals surface area contributed by atoms with Gasteiger partial charge in [0.05, 0.1) is 13.2 Å². The van der Waals surface area contributed by atoms with Gasteiger partial charge in [-0.1, -0.05) is 30.3 Å². The summed E-state index contributed by atoms with van der Waals surface area (Å²) in [6.45, 7) is 3.73. The molecule has 0 bridgehead atoms. The molecule has 206 valence electrons. The maximum absolute atomic E-state index is 13.6. The van der Waals surface area contributed by atoms with Gasteiger partial charge >= 0.3 is 0 Å². The third-order valence-corrected chi connectivity index (χ3v) is 8.61. The second kappa shape index (κ2) is 9.78. The summed E-state index contributed by atoms with van der Waals surface area (Å²) >= 11 is 0. The molecular weight excluding hydrogens is 512 g/mol. The summed E-state index contributed by atoms with van der Waals surface area (Å²) in [5.74, 6) is -6.24. The lowest BCUT2D eigenvalue weighted by Gasteiger charge is -2.53. The third-order valence-electron chi connectivity index (χ3n) is 8.61. The quantitative estimate of drug-likeness (QED) is 0.137. The molecule has 2 aromatic carbocycles. The Balaban J connectivity index is 1.46. The molecule has 0 spiro atoms. The molecule has 2 fully saturated rings. The van der Waals surface area contributed by atoms with Crippen molar-refractivity contribution in [1.82, 2.24) is 15.1 Å². The van der Waals surface area contributed by atoms with Gasteiger partial charge in [-0.05, 0) is 28.6 Å². The van der Waals surface area contributed by atoms with Crippen LogP contribution in [0, 0.1) is 0 Å². The van der Waals surface area contributed by atoms with E-state index in [0.29, 0.717) is 24.5 Å². The lowest BCUT2D eigenvalue weighted by molar-refractivity contribution is -0.277. The minimum absolute atomic E-state index is 0.153. The lowest BCUT2D eigenvalue weighted by atomic mass is 9.55. The Morgan fingerprint density at radius 2 is 1.65 bits per heavy atom. The molecule has 0 saturated carbocycles. The molecule has 2 unspecified atom stereocenters. The van der Waals surface area contributed by atoms with Gasteiger partial charge in [0, 0.05) is 43.0 Å². The van der Waals surface area contributed by atoms with Crippen LogP contribution in [0.15, 0.2) is 42.5 Å². The Labute approximate surface area is 235 Å². The lowest BCUT2D eigenvalue weighted by Crippen LogP contribution is -2.86. The van der Waals surface area contributed by atoms with Gasteiger partial charge < -0.3 is 30.3 Å². The fraction of sp³-hybridized carbons (Fsp3) is 0.400. The number of hydrogen-bond acceptors (Lipinski definition) is 9. The van der Waals surface area contributed by atoms with Crippen molar-refractivity contribution in [3.05, 3.63) is 64.7 Å². The molecule has 0 aliphatic carbocycles. The van der Waals surface area contributed by atoms with E-state index >= 15 is 0 Å². The highest BCUT2D eigenvalue weighted by molar-refractivity contribution is 6.42. The minimum atomic E-state index is -3.26. The van der Waals surface area contributed by atoms with Crippen LogP contribution < -0.4 is 10.6 Å². The summed E-state index contributed by atoms with van der Waals surface area (Å²) in [4.78, 5) is 42.2. The molecule has 5 N–H and O–H groups in total. The van der Waals surface area contributed by atoms with E-state index in [0.717, 1.165) is 51.4 Å². The van der Waals surface area contributed by atoms with Crippen LogP contribution in [0.5, 0.6) is 0 Å². The summed E-state index contributed by atoms with van der Waals surface area (Å²) in [7, 11) is 6.12. The number of anilines is 1. The number of aliphatic hydroxyl groups is 3. The average Bonchev–Trinajstić information content (AvgIpc) is 3.25. The Morgan fingerprint density at radius 3 is 2.35 bits per heavy atom. The van der Waals surface area contributed by atoms with E-state index in [9.17, 15) is 29.7 Å². The Morgan fingerprint density at radius 1 is 0.975 bits per heavy atom. The largest absolute Gasteiger partial charge is 0.391 e. The second-order valence-corrected chi connectivity index (χ2v) is 11.6. The van der Waals surface area contributed by atoms with E-state index in [-0.39, 0.29) is 12.1 Å². The Hall–Kier alpha value is -3.09. The molecule has 11 nitrogen and oxygen atoms in total. The van der Waals surface area contributed by atoms with Crippen LogP contribution >= 0.6 is 0 Å². The number of piperidine rings is 1. The van der Waals surface area contributed by atoms with Crippen LogP contribution in [0.3, 0.4) is 0 Å². The van der Waals surface area contributed by atoms with Crippen molar-refractivity contribution in [1.29, 1.82) is 0 Å². The Kier molecular flexibility index (Phi) is 6.95. The first-order valence-electron chi connectivity index (χ1n) is 13.4. The van der Waals surface area contributed by atoms with Crippen LogP contribution in [0.4, 0.5) is 5.69 Å². The first-order chi connectivity index (χ1) is 18.7. The van der Waals surface area contributed by atoms with E-state index < -0.39 is 39.8 Å². The maximum atomic E-state index is 13.6. The number of fused-ring (bicyclic) bond motifs is 1. The molecule has 15 heteroatoms. The molecule has 2 aromatic rings. The van der Waals surface area contributed by atoms with Crippen molar-refractivity contribution >= 4 is 54.8 Å². The maximum Gasteiger partial charge on any atom is 0.255 e. The fourth-order valence-electron chi connectivity index (χ4n) is 5.93. The number of rotatable bonds is 6. The number of benzene rings is 2. The molecule has 2 atom stereocenters. The van der Waals surface area contributed by atoms with Crippen molar-refractivity contribution in [3.63, 3.8) is 0 Å². The first-order valence-corrected chi connectivity index (χ1v) is 13.4. The van der Waals surface area contributed by atoms with Crippen molar-refractivity contribution in [2.24, 2.45) is 0 Å². The highest BCUT2D eigenvalue weighted by atomic mass is 16.5. The highest BCUT2D eigenvalue weighted by Gasteiger charge is 2.71. The number of nitrogens with zero attached hydrogens (tertiary/aromatic N) is 2. The van der Waals surface area contributed by atoms with Gasteiger partial charge in [-0.3, -0.25) is 24.6 Å². The average molecular weight is 544 g/mol. The van der Waals surface area contributed by atoms with E-state index in [4.69, 9.17) is 4.74 Å². The topological polar surface area (TPSA) is 152 Å². The van der Waals surface area contributed by atoms with E-state index in [2.05, 4.69) is 22.3 Å². The normalized spacial score (nSPS) is 26.9. The van der Waals surface area contributed by atoms with Gasteiger partial charge in [0.1, 0.15) is 21.1 Å². The van der Waals surface area contributed by atoms with Crippen LogP contribution in [0.25, 0.3) is 0 Å². The predicted molar refractivity (Wildman–Crippen MR) is 156 cm³/mol. The number of hydrogen-bond donors (Lipinski definition) is 5. The van der Waals surface area contributed by atoms with Gasteiger partial charge in [-0.25, -0.2) is 0 Å². The number of morpholine rings is 1. The van der Waals surface area contributed by atoms with Gasteiger partial charge in [0.15, 0.2) is 21.2 Å². The first kappa shape index (κ1) is 28.4. The molecule has 40 heavy (non-hydrogen) atoms. The molecular formula is C25H32B4N4O7. The monoisotopic (exact) mass is 544 g/mol. The SMILES string of the molecule is BC(B)(Nc1cccc2c1CN(C1(B)C(=O)NC(=O)C(B)(O)C1(O)O)C2=O)c1ccccc1CN1CCOCC1. The summed E-state index contributed by atoms with van der Waals surface area (Å²) in [6.07, 6.45) is 0. The number of carbonyl (C=O) groups is 3. The Bertz CT molecular complexity index is 1380. The minimum Gasteiger partial charge on any atom is -0.391 e. The standard InChI is InChI=1S/C25H32B4N4O7/c26-22(20(35)30-21(36)23(27,37)25(22,38)39)33-13-16-15(19(33)34)5-3-7-18(16)31-24(28,29)17-6-2-1-4-14(17)12-32-8-10-40-11-9-32/h1-7,31,37-39H,8-13,26-29H2,(H,30,35,36). The highest BCUT2D eigenvalue weighted by Crippen LogP contribution is 2.42. The third kappa shape index (κ3) is 4.27. The van der Waals surface area contributed by atoms with Gasteiger partial charge in [0.2, 0.25) is 11.7 Å². The van der Waals surface area contributed by atoms with Gasteiger partial charge in [-0.2, -0.15) is 0 Å². The number of imide groups is 1. The molecule has 0 aromatic heterocycles. The fourth-order valence-corrected chi connectivity index (χ4v) is 5.93. The zero-order valence-electron chi connectivity index (χ0n) is 23.2. The smallest absolute Gasteiger partial charge is 0.255 e. The van der Waals surface area contributed by atoms with E-state index in [1.807, 2.05) is 39.2 Å². The molecule has 3 aliphatic rings. The summed E-state index contributed by atoms with van der Waals surface area (Å²) < 4.78 is 5.49. The van der Waals surface area contributed by atoms with Crippen LogP contribution in [0.2, 0.25) is 0 Å². The molecule has 3 amide bonds. The number of amides is 3. The number of ether oxygens (including phenoxy) is 1. The van der Waals surface area contributed by atoms with Crippen LogP contribution in [-0.2, 0) is 32.8 Å². The van der Waals surface area contributed by atoms with Gasteiger partial charge in [0.25, 0.3) is 11.8 Å². The zero-order valence-corrected chi connectivity index (χ0v) is 23.2. The van der Waals surface area contributed by atoms with Gasteiger partial charge in [-0.15, -0.1) is 0 Å². The number of carbonyl (C=O) groups excluding carboxylic acids is 3. The van der Waals surface area contributed by atoms with Crippen molar-refractivity contribution in [2.75, 3.05) is 31.6 Å². The summed E-state index contributed by atoms with van der Waals surface area (Å²) in [5, 5.41) is 37.6. The molecule has 5 rings (SSSR count). The van der Waals surface area contributed by atoms with Crippen LogP contribution in [-0.4, -0.2) is 117 Å². The van der Waals surface area contributed by atoms with Crippen molar-refractivity contribution in [3.8, 4) is 0 Å². The van der Waals surface area contributed by atoms with Crippen LogP contribution in [0.1, 0.15) is 27.0 Å². The van der Waals surface area contributed by atoms with E-state index in [1.54, 1.807) is 12.1 Å². The van der Waals surface area contributed by atoms with Crippen molar-refractivity contribution < 1.29 is 34.4 Å². The summed E-state index contributed by atoms with van der Waals surface area (Å²) in [5.41, 5.74) is -1.38. The predicted octanol–water partition coefficient (Wildman–Crippen LogP) is -5.05. The number of nitrogens with one attached hydrogen (secondary N) is 2. The second-order valence-electron chi connectivity index (χ2n) is 11.6. The molecule has 2 saturated heterocycles. The zero-order chi connectivity index (χ0) is 29.1.